The van der Waals surface area contributed by atoms with Gasteiger partial charge < -0.3 is 9.42 Å². The van der Waals surface area contributed by atoms with Gasteiger partial charge in [0.1, 0.15) is 5.76 Å². The standard InChI is InChI=1S/C16H21N5O2/c1-11-8-13(19-23-11)10-20-4-6-21(7-5-20)16-17-14(12-2-3-12)9-15(22)18-16/h8-9,12H,2-7,10H2,1H3,(H,17,18,22). The van der Waals surface area contributed by atoms with Gasteiger partial charge in [0.2, 0.25) is 5.95 Å². The van der Waals surface area contributed by atoms with Gasteiger partial charge in [-0.1, -0.05) is 5.16 Å². The van der Waals surface area contributed by atoms with Crippen LogP contribution in [0.3, 0.4) is 0 Å². The predicted octanol–water partition coefficient (Wildman–Crippen LogP) is 1.27. The summed E-state index contributed by atoms with van der Waals surface area (Å²) in [4.78, 5) is 23.9. The fourth-order valence-electron chi connectivity index (χ4n) is 3.04. The Morgan fingerprint density at radius 3 is 2.70 bits per heavy atom. The molecule has 122 valence electrons. The van der Waals surface area contributed by atoms with Crippen LogP contribution < -0.4 is 10.5 Å². The normalized spacial score (nSPS) is 19.3. The molecule has 7 heteroatoms. The average molecular weight is 315 g/mol. The summed E-state index contributed by atoms with van der Waals surface area (Å²) in [5.41, 5.74) is 1.87. The van der Waals surface area contributed by atoms with Crippen molar-refractivity contribution in [2.24, 2.45) is 0 Å². The second kappa shape index (κ2) is 5.81. The second-order valence-electron chi connectivity index (χ2n) is 6.46. The smallest absolute Gasteiger partial charge is 0.252 e. The van der Waals surface area contributed by atoms with Crippen LogP contribution in [0.5, 0.6) is 0 Å². The highest BCUT2D eigenvalue weighted by atomic mass is 16.5. The van der Waals surface area contributed by atoms with Crippen molar-refractivity contribution in [3.8, 4) is 0 Å². The zero-order valence-corrected chi connectivity index (χ0v) is 13.3. The van der Waals surface area contributed by atoms with Gasteiger partial charge in [0, 0.05) is 50.8 Å². The maximum absolute atomic E-state index is 11.8. The van der Waals surface area contributed by atoms with Gasteiger partial charge in [0.05, 0.1) is 11.4 Å². The number of H-pyrrole nitrogens is 1. The Kier molecular flexibility index (Phi) is 3.65. The summed E-state index contributed by atoms with van der Waals surface area (Å²) in [5.74, 6) is 2.06. The van der Waals surface area contributed by atoms with Crippen molar-refractivity contribution in [2.45, 2.75) is 32.2 Å². The summed E-state index contributed by atoms with van der Waals surface area (Å²) in [6, 6.07) is 3.62. The third kappa shape index (κ3) is 3.29. The van der Waals surface area contributed by atoms with E-state index in [-0.39, 0.29) is 5.56 Å². The first-order valence-electron chi connectivity index (χ1n) is 8.18. The molecule has 0 unspecified atom stereocenters. The van der Waals surface area contributed by atoms with Gasteiger partial charge in [0.25, 0.3) is 5.56 Å². The van der Waals surface area contributed by atoms with Gasteiger partial charge >= 0.3 is 0 Å². The number of nitrogens with one attached hydrogen (secondary N) is 1. The first kappa shape index (κ1) is 14.4. The maximum Gasteiger partial charge on any atom is 0.252 e. The lowest BCUT2D eigenvalue weighted by atomic mass is 10.2. The Bertz CT molecular complexity index is 741. The minimum atomic E-state index is -0.0441. The molecule has 4 rings (SSSR count). The monoisotopic (exact) mass is 315 g/mol. The van der Waals surface area contributed by atoms with E-state index in [4.69, 9.17) is 4.52 Å². The van der Waals surface area contributed by atoms with Crippen LogP contribution in [-0.4, -0.2) is 46.2 Å². The SMILES string of the molecule is Cc1cc(CN2CCN(c3nc(C4CC4)cc(=O)[nH]3)CC2)no1. The third-order valence-electron chi connectivity index (χ3n) is 4.48. The number of nitrogens with zero attached hydrogens (tertiary/aromatic N) is 4. The van der Waals surface area contributed by atoms with E-state index >= 15 is 0 Å². The predicted molar refractivity (Wildman–Crippen MR) is 85.6 cm³/mol. The van der Waals surface area contributed by atoms with Gasteiger partial charge in [-0.25, -0.2) is 4.98 Å². The van der Waals surface area contributed by atoms with Crippen LogP contribution in [0.15, 0.2) is 21.5 Å². The molecule has 0 atom stereocenters. The Morgan fingerprint density at radius 2 is 2.04 bits per heavy atom. The van der Waals surface area contributed by atoms with Gasteiger partial charge in [-0.15, -0.1) is 0 Å². The zero-order chi connectivity index (χ0) is 15.8. The number of aromatic amines is 1. The number of aromatic nitrogens is 3. The van der Waals surface area contributed by atoms with Crippen LogP contribution in [-0.2, 0) is 6.54 Å². The molecule has 0 aromatic carbocycles. The van der Waals surface area contributed by atoms with E-state index in [0.29, 0.717) is 5.92 Å². The summed E-state index contributed by atoms with van der Waals surface area (Å²) < 4.78 is 5.11. The zero-order valence-electron chi connectivity index (χ0n) is 13.3. The molecule has 1 saturated carbocycles. The van der Waals surface area contributed by atoms with Crippen LogP contribution in [0.1, 0.15) is 35.9 Å². The van der Waals surface area contributed by atoms with E-state index < -0.39 is 0 Å². The van der Waals surface area contributed by atoms with Gasteiger partial charge in [0.15, 0.2) is 0 Å². The van der Waals surface area contributed by atoms with Crippen molar-refractivity contribution in [3.63, 3.8) is 0 Å². The van der Waals surface area contributed by atoms with E-state index in [1.54, 1.807) is 6.07 Å². The van der Waals surface area contributed by atoms with Crippen LogP contribution in [0.2, 0.25) is 0 Å². The lowest BCUT2D eigenvalue weighted by Gasteiger charge is -2.34. The molecular weight excluding hydrogens is 294 g/mol. The Balaban J connectivity index is 1.40. The van der Waals surface area contributed by atoms with Crippen molar-refractivity contribution in [1.82, 2.24) is 20.0 Å². The number of piperazine rings is 1. The largest absolute Gasteiger partial charge is 0.361 e. The molecule has 7 nitrogen and oxygen atoms in total. The first-order chi connectivity index (χ1) is 11.2. The number of hydrogen-bond acceptors (Lipinski definition) is 6. The average Bonchev–Trinajstić information content (AvgIpc) is 3.31. The van der Waals surface area contributed by atoms with Crippen LogP contribution in [0, 0.1) is 6.92 Å². The molecule has 2 fully saturated rings. The maximum atomic E-state index is 11.8. The second-order valence-corrected chi connectivity index (χ2v) is 6.46. The molecule has 2 aliphatic rings. The van der Waals surface area contributed by atoms with Crippen molar-refractivity contribution >= 4 is 5.95 Å². The van der Waals surface area contributed by atoms with Gasteiger partial charge in [-0.05, 0) is 19.8 Å². The molecule has 2 aromatic rings. The molecule has 0 amide bonds. The van der Waals surface area contributed by atoms with E-state index in [1.807, 2.05) is 13.0 Å². The van der Waals surface area contributed by atoms with Crippen molar-refractivity contribution < 1.29 is 4.52 Å². The van der Waals surface area contributed by atoms with Crippen molar-refractivity contribution in [2.75, 3.05) is 31.1 Å². The highest BCUT2D eigenvalue weighted by Crippen LogP contribution is 2.38. The Labute approximate surface area is 134 Å². The van der Waals surface area contributed by atoms with Crippen LogP contribution >= 0.6 is 0 Å². The minimum Gasteiger partial charge on any atom is -0.361 e. The molecule has 2 aromatic heterocycles. The summed E-state index contributed by atoms with van der Waals surface area (Å²) in [5, 5.41) is 4.05. The molecule has 1 aliphatic carbocycles. The van der Waals surface area contributed by atoms with E-state index in [0.717, 1.165) is 68.7 Å². The van der Waals surface area contributed by atoms with E-state index in [2.05, 4.69) is 24.9 Å². The Hall–Kier alpha value is -2.15. The molecule has 1 saturated heterocycles. The topological polar surface area (TPSA) is 78.3 Å². The van der Waals surface area contributed by atoms with Crippen molar-refractivity contribution in [3.05, 3.63) is 39.6 Å². The fourth-order valence-corrected chi connectivity index (χ4v) is 3.04. The molecule has 0 radical (unpaired) electrons. The minimum absolute atomic E-state index is 0.0441. The number of rotatable bonds is 4. The summed E-state index contributed by atoms with van der Waals surface area (Å²) in [6.07, 6.45) is 2.31. The molecule has 1 N–H and O–H groups in total. The van der Waals surface area contributed by atoms with Crippen LogP contribution in [0.4, 0.5) is 5.95 Å². The highest BCUT2D eigenvalue weighted by Gasteiger charge is 2.27. The highest BCUT2D eigenvalue weighted by molar-refractivity contribution is 5.32. The van der Waals surface area contributed by atoms with Gasteiger partial charge in [-0.3, -0.25) is 14.7 Å². The quantitative estimate of drug-likeness (QED) is 0.915. The van der Waals surface area contributed by atoms with Crippen LogP contribution in [0.25, 0.3) is 0 Å². The molecular formula is C16H21N5O2. The Morgan fingerprint density at radius 1 is 1.26 bits per heavy atom. The number of hydrogen-bond donors (Lipinski definition) is 1. The summed E-state index contributed by atoms with van der Waals surface area (Å²) in [7, 11) is 0. The summed E-state index contributed by atoms with van der Waals surface area (Å²) >= 11 is 0. The first-order valence-corrected chi connectivity index (χ1v) is 8.18. The lowest BCUT2D eigenvalue weighted by molar-refractivity contribution is 0.240. The third-order valence-corrected chi connectivity index (χ3v) is 4.48. The fraction of sp³-hybridized carbons (Fsp3) is 0.562. The molecule has 0 spiro atoms. The van der Waals surface area contributed by atoms with E-state index in [9.17, 15) is 4.79 Å². The van der Waals surface area contributed by atoms with Gasteiger partial charge in [-0.2, -0.15) is 0 Å². The molecule has 1 aliphatic heterocycles. The van der Waals surface area contributed by atoms with E-state index in [1.165, 1.54) is 0 Å². The number of aryl methyl sites for hydroxylation is 1. The molecule has 23 heavy (non-hydrogen) atoms. The number of anilines is 1. The lowest BCUT2D eigenvalue weighted by Crippen LogP contribution is -2.47. The molecule has 3 heterocycles. The van der Waals surface area contributed by atoms with Crippen molar-refractivity contribution in [1.29, 1.82) is 0 Å². The summed E-state index contributed by atoms with van der Waals surface area (Å²) in [6.45, 7) is 6.26. The molecule has 0 bridgehead atoms.